The van der Waals surface area contributed by atoms with Crippen LogP contribution in [0.15, 0.2) is 48.5 Å². The van der Waals surface area contributed by atoms with Gasteiger partial charge in [0.1, 0.15) is 5.75 Å². The van der Waals surface area contributed by atoms with E-state index in [1.165, 1.54) is 6.92 Å². The predicted molar refractivity (Wildman–Crippen MR) is 111 cm³/mol. The minimum atomic E-state index is -0.937. The molecule has 0 unspecified atom stereocenters. The number of aliphatic hydroxyl groups is 1. The third kappa shape index (κ3) is 5.20. The summed E-state index contributed by atoms with van der Waals surface area (Å²) in [7, 11) is 3.29. The monoisotopic (exact) mass is 383 g/mol. The summed E-state index contributed by atoms with van der Waals surface area (Å²) in [5, 5.41) is 10.9. The molecule has 2 rings (SSSR count). The summed E-state index contributed by atoms with van der Waals surface area (Å²) in [5.41, 5.74) is 1.93. The zero-order chi connectivity index (χ0) is 20.7. The van der Waals surface area contributed by atoms with Gasteiger partial charge in [-0.25, -0.2) is 0 Å². The minimum Gasteiger partial charge on any atom is -0.497 e. The molecule has 0 fully saturated rings. The molecule has 0 aromatic heterocycles. The van der Waals surface area contributed by atoms with Crippen molar-refractivity contribution in [3.8, 4) is 5.75 Å². The number of carbonyl (C=O) groups is 2. The lowest BCUT2D eigenvalue weighted by molar-refractivity contribution is -0.126. The Morgan fingerprint density at radius 3 is 2.39 bits per heavy atom. The highest BCUT2D eigenvalue weighted by Crippen LogP contribution is 2.30. The zero-order valence-electron chi connectivity index (χ0n) is 17.0. The summed E-state index contributed by atoms with van der Waals surface area (Å²) in [4.78, 5) is 26.3. The number of ketones is 1. The zero-order valence-corrected chi connectivity index (χ0v) is 17.0. The van der Waals surface area contributed by atoms with Gasteiger partial charge in [-0.15, -0.1) is 0 Å². The fourth-order valence-electron chi connectivity index (χ4n) is 3.18. The number of amides is 1. The number of ether oxygens (including phenoxy) is 1. The first-order valence-corrected chi connectivity index (χ1v) is 9.59. The van der Waals surface area contributed by atoms with E-state index in [1.54, 1.807) is 49.4 Å². The van der Waals surface area contributed by atoms with Gasteiger partial charge in [-0.3, -0.25) is 9.59 Å². The molecule has 28 heavy (non-hydrogen) atoms. The van der Waals surface area contributed by atoms with Gasteiger partial charge in [-0.05, 0) is 31.0 Å². The van der Waals surface area contributed by atoms with Gasteiger partial charge in [0.05, 0.1) is 19.1 Å². The first-order valence-electron chi connectivity index (χ1n) is 9.59. The van der Waals surface area contributed by atoms with Crippen molar-refractivity contribution in [2.24, 2.45) is 5.92 Å². The Kier molecular flexibility index (Phi) is 7.76. The number of nitrogens with zero attached hydrogens (tertiary/aromatic N) is 1. The molecule has 0 aliphatic heterocycles. The van der Waals surface area contributed by atoms with Crippen LogP contribution in [0.1, 0.15) is 55.1 Å². The second-order valence-corrected chi connectivity index (χ2v) is 6.97. The molecule has 0 heterocycles. The van der Waals surface area contributed by atoms with Crippen molar-refractivity contribution in [3.63, 3.8) is 0 Å². The van der Waals surface area contributed by atoms with Gasteiger partial charge in [0.2, 0.25) is 5.91 Å². The molecule has 0 saturated carbocycles. The maximum atomic E-state index is 13.2. The molecule has 150 valence electrons. The van der Waals surface area contributed by atoms with Crippen LogP contribution in [0, 0.1) is 5.92 Å². The van der Waals surface area contributed by atoms with E-state index in [1.807, 2.05) is 18.2 Å². The molecule has 1 amide bonds. The van der Waals surface area contributed by atoms with E-state index in [0.29, 0.717) is 29.0 Å². The molecule has 5 heteroatoms. The molecule has 1 N–H and O–H groups in total. The molecular formula is C23H29NO4. The number of carbonyl (C=O) groups excluding carboxylic acids is 2. The summed E-state index contributed by atoms with van der Waals surface area (Å²) < 4.78 is 5.24. The van der Waals surface area contributed by atoms with Crippen molar-refractivity contribution in [3.05, 3.63) is 59.7 Å². The van der Waals surface area contributed by atoms with Gasteiger partial charge in [0, 0.05) is 24.4 Å². The first-order chi connectivity index (χ1) is 13.4. The van der Waals surface area contributed by atoms with Crippen LogP contribution in [0.4, 0.5) is 5.69 Å². The Balaban J connectivity index is 2.27. The number of benzene rings is 2. The van der Waals surface area contributed by atoms with E-state index in [2.05, 4.69) is 6.92 Å². The number of aliphatic hydroxyl groups excluding tert-OH is 1. The Morgan fingerprint density at radius 2 is 1.82 bits per heavy atom. The Morgan fingerprint density at radius 1 is 1.14 bits per heavy atom. The molecular weight excluding hydrogens is 354 g/mol. The lowest BCUT2D eigenvalue weighted by Crippen LogP contribution is -2.36. The summed E-state index contributed by atoms with van der Waals surface area (Å²) >= 11 is 0. The molecule has 2 atom stereocenters. The number of unbranched alkanes of at least 4 members (excludes halogenated alkanes) is 1. The van der Waals surface area contributed by atoms with Crippen LogP contribution in [-0.2, 0) is 4.79 Å². The van der Waals surface area contributed by atoms with Gasteiger partial charge in [0.25, 0.3) is 0 Å². The molecule has 2 aromatic carbocycles. The molecule has 0 saturated heterocycles. The minimum absolute atomic E-state index is 0.0302. The normalized spacial score (nSPS) is 12.9. The van der Waals surface area contributed by atoms with Gasteiger partial charge >= 0.3 is 0 Å². The standard InChI is InChI=1S/C23H29NO4/c1-5-6-10-21(22(26)18-13-11-17(12-14-18)16(2)25)23(27)24(3)19-8-7-9-20(15-19)28-4/h7-9,11-15,21-22,26H,5-6,10H2,1-4H3/t21-,22-/m1/s1. The van der Waals surface area contributed by atoms with Crippen molar-refractivity contribution in [2.75, 3.05) is 19.1 Å². The van der Waals surface area contributed by atoms with Crippen molar-refractivity contribution in [2.45, 2.75) is 39.2 Å². The summed E-state index contributed by atoms with van der Waals surface area (Å²) in [6.07, 6.45) is 1.42. The van der Waals surface area contributed by atoms with Crippen molar-refractivity contribution >= 4 is 17.4 Å². The first kappa shape index (κ1) is 21.6. The second kappa shape index (κ2) is 10.0. The van der Waals surface area contributed by atoms with Crippen LogP contribution >= 0.6 is 0 Å². The largest absolute Gasteiger partial charge is 0.497 e. The lowest BCUT2D eigenvalue weighted by atomic mass is 9.89. The molecule has 0 bridgehead atoms. The fourth-order valence-corrected chi connectivity index (χ4v) is 3.18. The molecule has 0 aliphatic carbocycles. The third-order valence-corrected chi connectivity index (χ3v) is 5.00. The fraction of sp³-hybridized carbons (Fsp3) is 0.391. The van der Waals surface area contributed by atoms with Crippen LogP contribution < -0.4 is 9.64 Å². The predicted octanol–water partition coefficient (Wildman–Crippen LogP) is 4.40. The smallest absolute Gasteiger partial charge is 0.232 e. The average molecular weight is 383 g/mol. The number of rotatable bonds is 9. The number of hydrogen-bond acceptors (Lipinski definition) is 4. The van der Waals surface area contributed by atoms with E-state index in [0.717, 1.165) is 12.8 Å². The Hall–Kier alpha value is -2.66. The van der Waals surface area contributed by atoms with E-state index in [4.69, 9.17) is 4.74 Å². The van der Waals surface area contributed by atoms with Crippen molar-refractivity contribution < 1.29 is 19.4 Å². The van der Waals surface area contributed by atoms with Crippen molar-refractivity contribution in [1.29, 1.82) is 0 Å². The van der Waals surface area contributed by atoms with Crippen LogP contribution in [0.2, 0.25) is 0 Å². The molecule has 5 nitrogen and oxygen atoms in total. The summed E-state index contributed by atoms with van der Waals surface area (Å²) in [5.74, 6) is -0.0794. The summed E-state index contributed by atoms with van der Waals surface area (Å²) in [6.45, 7) is 3.56. The van der Waals surface area contributed by atoms with E-state index < -0.39 is 12.0 Å². The third-order valence-electron chi connectivity index (χ3n) is 5.00. The number of anilines is 1. The molecule has 2 aromatic rings. The SMILES string of the molecule is CCCC[C@@H](C(=O)N(C)c1cccc(OC)c1)[C@H](O)c1ccc(C(C)=O)cc1. The number of methoxy groups -OCH3 is 1. The van der Waals surface area contributed by atoms with Crippen LogP contribution in [0.3, 0.4) is 0 Å². The van der Waals surface area contributed by atoms with Crippen molar-refractivity contribution in [1.82, 2.24) is 0 Å². The molecule has 0 radical (unpaired) electrons. The Labute approximate surface area is 166 Å². The van der Waals surface area contributed by atoms with E-state index in [9.17, 15) is 14.7 Å². The topological polar surface area (TPSA) is 66.8 Å². The molecule has 0 spiro atoms. The van der Waals surface area contributed by atoms with Gasteiger partial charge in [-0.2, -0.15) is 0 Å². The van der Waals surface area contributed by atoms with Crippen LogP contribution in [0.25, 0.3) is 0 Å². The summed E-state index contributed by atoms with van der Waals surface area (Å²) in [6, 6.07) is 14.1. The highest BCUT2D eigenvalue weighted by molar-refractivity contribution is 5.95. The van der Waals surface area contributed by atoms with Gasteiger partial charge < -0.3 is 14.7 Å². The van der Waals surface area contributed by atoms with E-state index in [-0.39, 0.29) is 11.7 Å². The second-order valence-electron chi connectivity index (χ2n) is 6.97. The lowest BCUT2D eigenvalue weighted by Gasteiger charge is -2.28. The van der Waals surface area contributed by atoms with Gasteiger partial charge in [-0.1, -0.05) is 50.1 Å². The average Bonchev–Trinajstić information content (AvgIpc) is 2.73. The highest BCUT2D eigenvalue weighted by Gasteiger charge is 2.30. The number of Topliss-reactive ketones (excluding diaryl/α,β-unsaturated/α-hetero) is 1. The number of hydrogen-bond donors (Lipinski definition) is 1. The quantitative estimate of drug-likeness (QED) is 0.652. The highest BCUT2D eigenvalue weighted by atomic mass is 16.5. The van der Waals surface area contributed by atoms with E-state index >= 15 is 0 Å². The molecule has 0 aliphatic rings. The maximum Gasteiger partial charge on any atom is 0.232 e. The van der Waals surface area contributed by atoms with Crippen LogP contribution in [0.5, 0.6) is 5.75 Å². The maximum absolute atomic E-state index is 13.2. The van der Waals surface area contributed by atoms with Crippen LogP contribution in [-0.4, -0.2) is 31.0 Å². The Bertz CT molecular complexity index is 801. The van der Waals surface area contributed by atoms with Gasteiger partial charge in [0.15, 0.2) is 5.78 Å².